The first-order valence-electron chi connectivity index (χ1n) is 11.9. The van der Waals surface area contributed by atoms with Gasteiger partial charge in [-0.15, -0.1) is 0 Å². The van der Waals surface area contributed by atoms with Crippen LogP contribution in [0.15, 0.2) is 98.4 Å². The first-order chi connectivity index (χ1) is 19.7. The van der Waals surface area contributed by atoms with E-state index < -0.39 is 26.7 Å². The van der Waals surface area contributed by atoms with E-state index in [0.29, 0.717) is 17.1 Å². The normalized spacial score (nSPS) is 11.3. The summed E-state index contributed by atoms with van der Waals surface area (Å²) in [6.45, 7) is 0.109. The molecule has 0 bridgehead atoms. The van der Waals surface area contributed by atoms with Gasteiger partial charge >= 0.3 is 11.0 Å². The van der Waals surface area contributed by atoms with E-state index in [1.54, 1.807) is 48.5 Å². The number of aromatic carboxylic acids is 1. The summed E-state index contributed by atoms with van der Waals surface area (Å²) in [5.74, 6) is -0.680. The van der Waals surface area contributed by atoms with Crippen LogP contribution >= 0.6 is 11.8 Å². The lowest BCUT2D eigenvalue weighted by atomic mass is 10.1. The molecule has 1 aromatic heterocycles. The van der Waals surface area contributed by atoms with Crippen molar-refractivity contribution in [1.82, 2.24) is 5.16 Å². The minimum atomic E-state index is -4.15. The third-order valence-corrected chi connectivity index (χ3v) is 8.25. The number of nitrogens with zero attached hydrogens (tertiary/aromatic N) is 2. The Kier molecular flexibility index (Phi) is 9.26. The zero-order valence-electron chi connectivity index (χ0n) is 21.4. The average Bonchev–Trinajstić information content (AvgIpc) is 3.35. The fourth-order valence-corrected chi connectivity index (χ4v) is 5.95. The molecule has 212 valence electrons. The van der Waals surface area contributed by atoms with Crippen LogP contribution in [0.5, 0.6) is 11.5 Å². The van der Waals surface area contributed by atoms with Gasteiger partial charge in [0, 0.05) is 11.8 Å². The third kappa shape index (κ3) is 7.04. The summed E-state index contributed by atoms with van der Waals surface area (Å²) in [6, 6.07) is 18.5. The molecule has 3 aromatic carbocycles. The standard InChI is InChI=1S/C27H23N3O9S2/c1-37-23-17-18(12-14-24(31)28-21-10-6-5-9-20(21)27(32)33)11-13-22(23)38-15-16-40-25-26(30(34)39-29-25)41(35,36)19-7-3-2-4-8-19/h2-14,17H,15-16H2,1H3,(H,28,31)(H,32,33)/b14-12+. The van der Waals surface area contributed by atoms with Gasteiger partial charge in [-0.05, 0) is 52.9 Å². The first kappa shape index (κ1) is 29.2. The van der Waals surface area contributed by atoms with Crippen molar-refractivity contribution in [3.8, 4) is 11.5 Å². The smallest absolute Gasteiger partial charge is 0.337 e. The van der Waals surface area contributed by atoms with Crippen molar-refractivity contribution in [1.29, 1.82) is 0 Å². The Balaban J connectivity index is 1.36. The highest BCUT2D eigenvalue weighted by molar-refractivity contribution is 8.00. The number of para-hydroxylation sites is 1. The van der Waals surface area contributed by atoms with E-state index in [9.17, 15) is 28.3 Å². The topological polar surface area (TPSA) is 172 Å². The molecule has 2 N–H and O–H groups in total. The van der Waals surface area contributed by atoms with Crippen LogP contribution < -0.4 is 19.7 Å². The van der Waals surface area contributed by atoms with Gasteiger partial charge in [-0.1, -0.05) is 48.2 Å². The Morgan fingerprint density at radius 1 is 1.10 bits per heavy atom. The van der Waals surface area contributed by atoms with Crippen LogP contribution in [0.25, 0.3) is 6.08 Å². The quantitative estimate of drug-likeness (QED) is 0.106. The number of benzene rings is 3. The summed E-state index contributed by atoms with van der Waals surface area (Å²) in [5.41, 5.74) is 0.762. The minimum Gasteiger partial charge on any atom is -0.493 e. The summed E-state index contributed by atoms with van der Waals surface area (Å²) in [4.78, 5) is 23.4. The van der Waals surface area contributed by atoms with E-state index >= 15 is 0 Å². The molecule has 0 aliphatic rings. The van der Waals surface area contributed by atoms with Gasteiger partial charge in [0.1, 0.15) is 0 Å². The molecule has 0 saturated carbocycles. The van der Waals surface area contributed by atoms with E-state index in [2.05, 4.69) is 15.1 Å². The van der Waals surface area contributed by atoms with Crippen molar-refractivity contribution in [2.45, 2.75) is 14.9 Å². The number of amides is 1. The highest BCUT2D eigenvalue weighted by Crippen LogP contribution is 2.30. The monoisotopic (exact) mass is 597 g/mol. The van der Waals surface area contributed by atoms with Crippen molar-refractivity contribution in [3.05, 3.63) is 95.2 Å². The minimum absolute atomic E-state index is 0.0274. The molecule has 14 heteroatoms. The predicted molar refractivity (Wildman–Crippen MR) is 148 cm³/mol. The lowest BCUT2D eigenvalue weighted by molar-refractivity contribution is -0.832. The summed E-state index contributed by atoms with van der Waals surface area (Å²) in [6.07, 6.45) is 2.78. The molecule has 0 spiro atoms. The van der Waals surface area contributed by atoms with Crippen molar-refractivity contribution in [2.24, 2.45) is 0 Å². The second-order valence-electron chi connectivity index (χ2n) is 8.14. The molecular formula is C27H23N3O9S2. The number of hydrogen-bond acceptors (Lipinski definition) is 10. The second-order valence-corrected chi connectivity index (χ2v) is 11.1. The van der Waals surface area contributed by atoms with Crippen LogP contribution in [0.4, 0.5) is 5.69 Å². The van der Waals surface area contributed by atoms with Crippen molar-refractivity contribution in [3.63, 3.8) is 0 Å². The van der Waals surface area contributed by atoms with Crippen LogP contribution in [0.2, 0.25) is 0 Å². The van der Waals surface area contributed by atoms with E-state index in [1.807, 2.05) is 0 Å². The molecular weight excluding hydrogens is 574 g/mol. The second kappa shape index (κ2) is 13.0. The highest BCUT2D eigenvalue weighted by atomic mass is 32.2. The van der Waals surface area contributed by atoms with Gasteiger partial charge < -0.3 is 25.1 Å². The Hall–Kier alpha value is -4.82. The number of aromatic nitrogens is 2. The van der Waals surface area contributed by atoms with Gasteiger partial charge in [-0.25, -0.2) is 13.2 Å². The summed E-state index contributed by atoms with van der Waals surface area (Å²) in [5, 5.41) is 26.7. The molecule has 1 heterocycles. The predicted octanol–water partition coefficient (Wildman–Crippen LogP) is 3.67. The highest BCUT2D eigenvalue weighted by Gasteiger charge is 2.34. The van der Waals surface area contributed by atoms with Crippen LogP contribution in [0, 0.1) is 5.21 Å². The maximum Gasteiger partial charge on any atom is 0.337 e. The molecule has 0 fully saturated rings. The van der Waals surface area contributed by atoms with Gasteiger partial charge in [0.2, 0.25) is 5.91 Å². The molecule has 0 aliphatic carbocycles. The Morgan fingerprint density at radius 3 is 2.56 bits per heavy atom. The van der Waals surface area contributed by atoms with E-state index in [4.69, 9.17) is 9.47 Å². The summed E-state index contributed by atoms with van der Waals surface area (Å²) in [7, 11) is -2.70. The number of nitrogens with one attached hydrogen (secondary N) is 1. The number of thioether (sulfide) groups is 1. The summed E-state index contributed by atoms with van der Waals surface area (Å²) < 4.78 is 41.5. The number of rotatable bonds is 12. The van der Waals surface area contributed by atoms with Gasteiger partial charge in [0.15, 0.2) is 11.5 Å². The number of anilines is 1. The zero-order valence-corrected chi connectivity index (χ0v) is 23.1. The van der Waals surface area contributed by atoms with Crippen LogP contribution in [0.3, 0.4) is 0 Å². The van der Waals surface area contributed by atoms with Gasteiger partial charge in [0.05, 0.1) is 35.0 Å². The Morgan fingerprint density at radius 2 is 1.83 bits per heavy atom. The molecule has 1 amide bonds. The molecule has 0 atom stereocenters. The molecule has 0 unspecified atom stereocenters. The van der Waals surface area contributed by atoms with Gasteiger partial charge in [0.25, 0.3) is 14.9 Å². The SMILES string of the molecule is COc1cc(/C=C/C(=O)Nc2ccccc2C(=O)O)ccc1OCCSc1no[n+]([O-])c1S(=O)(=O)c1ccccc1. The molecule has 41 heavy (non-hydrogen) atoms. The Bertz CT molecular complexity index is 1690. The molecule has 4 rings (SSSR count). The largest absolute Gasteiger partial charge is 0.493 e. The maximum atomic E-state index is 12.9. The molecule has 0 aliphatic heterocycles. The number of ether oxygens (including phenoxy) is 2. The number of carboxylic acids is 1. The fourth-order valence-electron chi connectivity index (χ4n) is 3.56. The first-order valence-corrected chi connectivity index (χ1v) is 14.3. The molecule has 4 aromatic rings. The van der Waals surface area contributed by atoms with E-state index in [-0.39, 0.29) is 38.4 Å². The van der Waals surface area contributed by atoms with Crippen LogP contribution in [-0.2, 0) is 14.6 Å². The van der Waals surface area contributed by atoms with E-state index in [0.717, 1.165) is 11.8 Å². The number of carboxylic acid groups (broad SMARTS) is 1. The lowest BCUT2D eigenvalue weighted by Gasteiger charge is -2.11. The molecule has 0 saturated heterocycles. The van der Waals surface area contributed by atoms with Crippen molar-refractivity contribution >= 4 is 45.2 Å². The van der Waals surface area contributed by atoms with Crippen LogP contribution in [0.1, 0.15) is 15.9 Å². The lowest BCUT2D eigenvalue weighted by Crippen LogP contribution is -2.31. The van der Waals surface area contributed by atoms with E-state index in [1.165, 1.54) is 43.5 Å². The number of methoxy groups -OCH3 is 1. The molecule has 12 nitrogen and oxygen atoms in total. The maximum absolute atomic E-state index is 12.9. The van der Waals surface area contributed by atoms with Gasteiger partial charge in [-0.2, -0.15) is 0 Å². The molecule has 0 radical (unpaired) electrons. The number of carbonyl (C=O) groups is 2. The van der Waals surface area contributed by atoms with Gasteiger partial charge in [-0.3, -0.25) is 9.42 Å². The van der Waals surface area contributed by atoms with Crippen LogP contribution in [-0.4, -0.2) is 50.0 Å². The zero-order chi connectivity index (χ0) is 29.4. The number of sulfone groups is 1. The number of hydrogen-bond donors (Lipinski definition) is 2. The van der Waals surface area contributed by atoms with Crippen molar-refractivity contribution in [2.75, 3.05) is 24.8 Å². The Labute approximate surface area is 238 Å². The summed E-state index contributed by atoms with van der Waals surface area (Å²) >= 11 is 0.977. The van der Waals surface area contributed by atoms with Crippen molar-refractivity contribution < 1.29 is 42.1 Å². The third-order valence-electron chi connectivity index (χ3n) is 5.46. The number of carbonyl (C=O) groups excluding carboxylic acids is 1. The fraction of sp³-hybridized carbons (Fsp3) is 0.111. The average molecular weight is 598 g/mol.